The summed E-state index contributed by atoms with van der Waals surface area (Å²) >= 11 is 5.63. The molecule has 1 aromatic carbocycles. The fourth-order valence-electron chi connectivity index (χ4n) is 2.93. The van der Waals surface area contributed by atoms with Crippen LogP contribution in [-0.4, -0.2) is 42.4 Å². The first-order chi connectivity index (χ1) is 12.9. The maximum Gasteiger partial charge on any atom is 0.244 e. The summed E-state index contributed by atoms with van der Waals surface area (Å²) < 4.78 is 40.1. The second-order valence-electron chi connectivity index (χ2n) is 6.41. The van der Waals surface area contributed by atoms with Crippen molar-refractivity contribution in [3.05, 3.63) is 52.9 Å². The zero-order valence-electron chi connectivity index (χ0n) is 14.6. The standard InChI is InChI=1S/C18H21ClFN3O3S/c19-15-6-4-13(10-16(15)20)17(24)12-22-18-7-5-14(11-21-18)27(25,26)23-8-2-1-3-9-23/h4-7,10-11,17,24H,1-3,8-9,12H2,(H,21,22). The number of anilines is 1. The highest BCUT2D eigenvalue weighted by atomic mass is 35.5. The Balaban J connectivity index is 1.62. The fraction of sp³-hybridized carbons (Fsp3) is 0.389. The van der Waals surface area contributed by atoms with Crippen molar-refractivity contribution in [3.8, 4) is 0 Å². The molecule has 0 bridgehead atoms. The molecule has 0 radical (unpaired) electrons. The van der Waals surface area contributed by atoms with Gasteiger partial charge in [0, 0.05) is 25.8 Å². The molecular weight excluding hydrogens is 393 g/mol. The van der Waals surface area contributed by atoms with Crippen molar-refractivity contribution >= 4 is 27.4 Å². The summed E-state index contributed by atoms with van der Waals surface area (Å²) in [7, 11) is -3.52. The number of nitrogens with zero attached hydrogens (tertiary/aromatic N) is 2. The van der Waals surface area contributed by atoms with E-state index in [-0.39, 0.29) is 16.5 Å². The van der Waals surface area contributed by atoms with E-state index >= 15 is 0 Å². The Morgan fingerprint density at radius 2 is 1.96 bits per heavy atom. The molecular formula is C18H21ClFN3O3S. The lowest BCUT2D eigenvalue weighted by Crippen LogP contribution is -2.35. The van der Waals surface area contributed by atoms with E-state index in [1.165, 1.54) is 28.7 Å². The Labute approximate surface area is 163 Å². The smallest absolute Gasteiger partial charge is 0.244 e. The number of halogens is 2. The van der Waals surface area contributed by atoms with Crippen LogP contribution in [0.1, 0.15) is 30.9 Å². The third kappa shape index (κ3) is 4.76. The van der Waals surface area contributed by atoms with Gasteiger partial charge in [-0.25, -0.2) is 17.8 Å². The van der Waals surface area contributed by atoms with Crippen LogP contribution in [0, 0.1) is 5.82 Å². The van der Waals surface area contributed by atoms with Crippen LogP contribution in [-0.2, 0) is 10.0 Å². The Bertz CT molecular complexity index is 887. The zero-order valence-corrected chi connectivity index (χ0v) is 16.2. The average Bonchev–Trinajstić information content (AvgIpc) is 2.69. The molecule has 27 heavy (non-hydrogen) atoms. The van der Waals surface area contributed by atoms with Crippen LogP contribution in [0.4, 0.5) is 10.2 Å². The largest absolute Gasteiger partial charge is 0.387 e. The molecule has 2 N–H and O–H groups in total. The van der Waals surface area contributed by atoms with Gasteiger partial charge >= 0.3 is 0 Å². The molecule has 0 amide bonds. The Hall–Kier alpha value is -1.74. The van der Waals surface area contributed by atoms with E-state index in [2.05, 4.69) is 10.3 Å². The minimum absolute atomic E-state index is 0.00826. The molecule has 1 saturated heterocycles. The molecule has 0 spiro atoms. The Morgan fingerprint density at radius 3 is 2.59 bits per heavy atom. The highest BCUT2D eigenvalue weighted by molar-refractivity contribution is 7.89. The van der Waals surface area contributed by atoms with Gasteiger partial charge in [0.05, 0.1) is 11.1 Å². The summed E-state index contributed by atoms with van der Waals surface area (Å²) in [5.74, 6) is -0.181. The number of hydrogen-bond donors (Lipinski definition) is 2. The zero-order chi connectivity index (χ0) is 19.4. The maximum atomic E-state index is 13.5. The molecule has 1 aliphatic heterocycles. The molecule has 2 heterocycles. The predicted molar refractivity (Wildman–Crippen MR) is 102 cm³/mol. The first-order valence-electron chi connectivity index (χ1n) is 8.71. The SMILES string of the molecule is O=S(=O)(c1ccc(NCC(O)c2ccc(Cl)c(F)c2)nc1)N1CCCCC1. The number of piperidine rings is 1. The van der Waals surface area contributed by atoms with E-state index in [0.717, 1.165) is 19.3 Å². The van der Waals surface area contributed by atoms with Crippen LogP contribution in [0.25, 0.3) is 0 Å². The van der Waals surface area contributed by atoms with E-state index in [0.29, 0.717) is 24.5 Å². The van der Waals surface area contributed by atoms with Gasteiger partial charge in [-0.3, -0.25) is 0 Å². The monoisotopic (exact) mass is 413 g/mol. The van der Waals surface area contributed by atoms with Gasteiger partial charge in [0.1, 0.15) is 16.5 Å². The van der Waals surface area contributed by atoms with Crippen LogP contribution >= 0.6 is 11.6 Å². The van der Waals surface area contributed by atoms with Gasteiger partial charge in [-0.2, -0.15) is 4.31 Å². The fourth-order valence-corrected chi connectivity index (χ4v) is 4.51. The molecule has 2 aromatic rings. The topological polar surface area (TPSA) is 82.5 Å². The molecule has 0 saturated carbocycles. The lowest BCUT2D eigenvalue weighted by atomic mass is 10.1. The quantitative estimate of drug-likeness (QED) is 0.759. The van der Waals surface area contributed by atoms with Crippen molar-refractivity contribution in [2.24, 2.45) is 0 Å². The van der Waals surface area contributed by atoms with Crippen molar-refractivity contribution in [2.75, 3.05) is 25.0 Å². The number of aliphatic hydroxyl groups is 1. The molecule has 6 nitrogen and oxygen atoms in total. The molecule has 1 fully saturated rings. The third-order valence-electron chi connectivity index (χ3n) is 4.49. The van der Waals surface area contributed by atoms with Crippen LogP contribution in [0.5, 0.6) is 0 Å². The summed E-state index contributed by atoms with van der Waals surface area (Å²) in [4.78, 5) is 4.26. The lowest BCUT2D eigenvalue weighted by molar-refractivity contribution is 0.191. The Morgan fingerprint density at radius 1 is 1.22 bits per heavy atom. The highest BCUT2D eigenvalue weighted by Gasteiger charge is 2.26. The highest BCUT2D eigenvalue weighted by Crippen LogP contribution is 2.22. The third-order valence-corrected chi connectivity index (χ3v) is 6.68. The Kier molecular flexibility index (Phi) is 6.31. The average molecular weight is 414 g/mol. The molecule has 146 valence electrons. The molecule has 1 atom stereocenters. The van der Waals surface area contributed by atoms with Gasteiger partial charge in [-0.1, -0.05) is 24.1 Å². The number of aromatic nitrogens is 1. The van der Waals surface area contributed by atoms with Gasteiger partial charge in [0.25, 0.3) is 0 Å². The van der Waals surface area contributed by atoms with Gasteiger partial charge in [0.15, 0.2) is 0 Å². The first kappa shape index (κ1) is 20.0. The van der Waals surface area contributed by atoms with Crippen molar-refractivity contribution in [3.63, 3.8) is 0 Å². The van der Waals surface area contributed by atoms with Crippen molar-refractivity contribution in [2.45, 2.75) is 30.3 Å². The van der Waals surface area contributed by atoms with E-state index in [1.54, 1.807) is 12.1 Å². The van der Waals surface area contributed by atoms with E-state index in [9.17, 15) is 17.9 Å². The number of pyridine rings is 1. The molecule has 1 aliphatic rings. The maximum absolute atomic E-state index is 13.5. The van der Waals surface area contributed by atoms with Crippen molar-refractivity contribution in [1.29, 1.82) is 0 Å². The normalized spacial score (nSPS) is 16.9. The predicted octanol–water partition coefficient (Wildman–Crippen LogP) is 3.19. The van der Waals surface area contributed by atoms with Crippen LogP contribution in [0.3, 0.4) is 0 Å². The van der Waals surface area contributed by atoms with Crippen LogP contribution < -0.4 is 5.32 Å². The number of nitrogens with one attached hydrogen (secondary N) is 1. The number of rotatable bonds is 6. The molecule has 1 aromatic heterocycles. The van der Waals surface area contributed by atoms with Gasteiger partial charge in [-0.15, -0.1) is 0 Å². The van der Waals surface area contributed by atoms with E-state index in [1.807, 2.05) is 0 Å². The second kappa shape index (κ2) is 8.52. The summed E-state index contributed by atoms with van der Waals surface area (Å²) in [6.45, 7) is 1.16. The number of hydrogen-bond acceptors (Lipinski definition) is 5. The number of benzene rings is 1. The minimum Gasteiger partial charge on any atom is -0.387 e. The number of aliphatic hydroxyl groups excluding tert-OH is 1. The van der Waals surface area contributed by atoms with Crippen molar-refractivity contribution < 1.29 is 17.9 Å². The first-order valence-corrected chi connectivity index (χ1v) is 10.5. The van der Waals surface area contributed by atoms with E-state index in [4.69, 9.17) is 11.6 Å². The van der Waals surface area contributed by atoms with Gasteiger partial charge < -0.3 is 10.4 Å². The number of sulfonamides is 1. The minimum atomic E-state index is -3.52. The van der Waals surface area contributed by atoms with Gasteiger partial charge in [-0.05, 0) is 42.7 Å². The van der Waals surface area contributed by atoms with Crippen molar-refractivity contribution in [1.82, 2.24) is 9.29 Å². The van der Waals surface area contributed by atoms with Crippen LogP contribution in [0.15, 0.2) is 41.4 Å². The summed E-state index contributed by atoms with van der Waals surface area (Å²) in [6.07, 6.45) is 3.13. The lowest BCUT2D eigenvalue weighted by Gasteiger charge is -2.25. The van der Waals surface area contributed by atoms with E-state index < -0.39 is 21.9 Å². The summed E-state index contributed by atoms with van der Waals surface area (Å²) in [5.41, 5.74) is 0.383. The molecule has 0 aliphatic carbocycles. The molecule has 1 unspecified atom stereocenters. The second-order valence-corrected chi connectivity index (χ2v) is 8.76. The summed E-state index contributed by atoms with van der Waals surface area (Å²) in [5, 5.41) is 13.1. The van der Waals surface area contributed by atoms with Crippen LogP contribution in [0.2, 0.25) is 5.02 Å². The van der Waals surface area contributed by atoms with Gasteiger partial charge in [0.2, 0.25) is 10.0 Å². The molecule has 3 rings (SSSR count). The summed E-state index contributed by atoms with van der Waals surface area (Å²) in [6, 6.07) is 7.14. The molecule has 9 heteroatoms.